The lowest BCUT2D eigenvalue weighted by Crippen LogP contribution is -2.34. The molecule has 0 aliphatic carbocycles. The maximum absolute atomic E-state index is 12.7. The van der Waals surface area contributed by atoms with Crippen LogP contribution >= 0.6 is 0 Å². The maximum atomic E-state index is 12.7. The molecule has 0 unspecified atom stereocenters. The van der Waals surface area contributed by atoms with Crippen molar-refractivity contribution in [1.29, 1.82) is 0 Å². The molecule has 14 heteroatoms. The second kappa shape index (κ2) is 14.6. The summed E-state index contributed by atoms with van der Waals surface area (Å²) in [6.07, 6.45) is 0. The quantitative estimate of drug-likeness (QED) is 0.148. The first-order chi connectivity index (χ1) is 17.3. The van der Waals surface area contributed by atoms with E-state index in [1.54, 1.807) is 11.8 Å². The first kappa shape index (κ1) is 29.4. The van der Waals surface area contributed by atoms with Crippen molar-refractivity contribution in [2.45, 2.75) is 11.8 Å². The molecule has 0 bridgehead atoms. The molecule has 2 rings (SSSR count). The van der Waals surface area contributed by atoms with E-state index in [0.29, 0.717) is 34.3 Å². The zero-order chi connectivity index (χ0) is 26.6. The third-order valence-corrected chi connectivity index (χ3v) is 6.95. The Balaban J connectivity index is 2.22. The molecule has 0 fully saturated rings. The SMILES string of the molecule is Cc1c(N)c(NCCO)nc(NCCO)c1N=Nc1ccc(S(=O)(=O)CCN(CCO)CCO)cc1. The molecule has 1 heterocycles. The van der Waals surface area contributed by atoms with Crippen LogP contribution in [0.15, 0.2) is 39.4 Å². The summed E-state index contributed by atoms with van der Waals surface area (Å²) in [7, 11) is -3.58. The summed E-state index contributed by atoms with van der Waals surface area (Å²) in [5.41, 5.74) is 7.86. The minimum Gasteiger partial charge on any atom is -0.395 e. The number of hydrogen-bond donors (Lipinski definition) is 7. The van der Waals surface area contributed by atoms with Crippen molar-refractivity contribution < 1.29 is 28.8 Å². The standard InChI is InChI=1S/C22H35N7O6S/c1-16-19(23)21(24-6-11-30)26-22(25-7-12-31)20(16)28-27-17-2-4-18(5-3-17)36(34,35)15-10-29(8-13-32)9-14-33/h2-5,30-33H,6-15,23H2,1H3,(H2,24,25,26). The summed E-state index contributed by atoms with van der Waals surface area (Å²) in [5.74, 6) is 0.552. The van der Waals surface area contributed by atoms with Gasteiger partial charge in [0.2, 0.25) is 0 Å². The van der Waals surface area contributed by atoms with Crippen LogP contribution in [0.5, 0.6) is 0 Å². The van der Waals surface area contributed by atoms with E-state index < -0.39 is 9.84 Å². The molecule has 0 aliphatic rings. The molecule has 200 valence electrons. The fraction of sp³-hybridized carbons (Fsp3) is 0.500. The average Bonchev–Trinajstić information content (AvgIpc) is 2.87. The molecule has 0 aliphatic heterocycles. The van der Waals surface area contributed by atoms with Crippen molar-refractivity contribution in [1.82, 2.24) is 9.88 Å². The van der Waals surface area contributed by atoms with Gasteiger partial charge in [0.1, 0.15) is 5.69 Å². The monoisotopic (exact) mass is 525 g/mol. The highest BCUT2D eigenvalue weighted by Gasteiger charge is 2.17. The zero-order valence-corrected chi connectivity index (χ0v) is 21.1. The Morgan fingerprint density at radius 1 is 0.889 bits per heavy atom. The normalized spacial score (nSPS) is 11.9. The Bertz CT molecular complexity index is 1090. The van der Waals surface area contributed by atoms with Crippen LogP contribution in [0.1, 0.15) is 5.56 Å². The second-order valence-corrected chi connectivity index (χ2v) is 9.91. The van der Waals surface area contributed by atoms with Crippen LogP contribution in [0, 0.1) is 6.92 Å². The Morgan fingerprint density at radius 2 is 1.47 bits per heavy atom. The van der Waals surface area contributed by atoms with Crippen molar-refractivity contribution in [2.75, 3.05) is 81.3 Å². The number of hydrogen-bond acceptors (Lipinski definition) is 13. The Kier molecular flexibility index (Phi) is 11.9. The van der Waals surface area contributed by atoms with Gasteiger partial charge < -0.3 is 36.8 Å². The summed E-state index contributed by atoms with van der Waals surface area (Å²) < 4.78 is 25.4. The van der Waals surface area contributed by atoms with Gasteiger partial charge in [-0.05, 0) is 31.2 Å². The number of nitrogens with one attached hydrogen (secondary N) is 2. The number of nitrogens with two attached hydrogens (primary N) is 1. The number of azo groups is 1. The number of aromatic nitrogens is 1. The number of sulfone groups is 1. The molecule has 0 spiro atoms. The van der Waals surface area contributed by atoms with Gasteiger partial charge in [-0.2, -0.15) is 5.11 Å². The van der Waals surface area contributed by atoms with E-state index >= 15 is 0 Å². The van der Waals surface area contributed by atoms with E-state index in [0.717, 1.165) is 0 Å². The van der Waals surface area contributed by atoms with E-state index in [1.807, 2.05) is 0 Å². The predicted molar refractivity (Wildman–Crippen MR) is 138 cm³/mol. The first-order valence-electron chi connectivity index (χ1n) is 11.5. The topological polar surface area (TPSA) is 206 Å². The molecule has 0 atom stereocenters. The molecule has 0 amide bonds. The molecule has 0 saturated carbocycles. The number of benzene rings is 1. The van der Waals surface area contributed by atoms with Crippen LogP contribution in [-0.4, -0.2) is 104 Å². The van der Waals surface area contributed by atoms with Crippen LogP contribution < -0.4 is 16.4 Å². The molecular weight excluding hydrogens is 490 g/mol. The molecule has 36 heavy (non-hydrogen) atoms. The molecule has 2 aromatic rings. The van der Waals surface area contributed by atoms with Crippen LogP contribution in [0.3, 0.4) is 0 Å². The van der Waals surface area contributed by atoms with E-state index in [9.17, 15) is 13.5 Å². The lowest BCUT2D eigenvalue weighted by atomic mass is 10.2. The number of aliphatic hydroxyl groups excluding tert-OH is 4. The molecule has 8 N–H and O–H groups in total. The smallest absolute Gasteiger partial charge is 0.179 e. The lowest BCUT2D eigenvalue weighted by molar-refractivity contribution is 0.167. The lowest BCUT2D eigenvalue weighted by Gasteiger charge is -2.19. The van der Waals surface area contributed by atoms with Gasteiger partial charge >= 0.3 is 0 Å². The number of nitrogens with zero attached hydrogens (tertiary/aromatic N) is 4. The van der Waals surface area contributed by atoms with E-state index in [4.69, 9.17) is 21.1 Å². The van der Waals surface area contributed by atoms with Crippen LogP contribution in [0.4, 0.5) is 28.7 Å². The van der Waals surface area contributed by atoms with Crippen molar-refractivity contribution in [2.24, 2.45) is 10.2 Å². The van der Waals surface area contributed by atoms with E-state index in [2.05, 4.69) is 25.8 Å². The Labute approximate surface area is 210 Å². The maximum Gasteiger partial charge on any atom is 0.179 e. The van der Waals surface area contributed by atoms with Crippen molar-refractivity contribution in [3.05, 3.63) is 29.8 Å². The molecule has 1 aromatic carbocycles. The number of nitrogen functional groups attached to an aromatic ring is 1. The minimum atomic E-state index is -3.58. The van der Waals surface area contributed by atoms with Crippen LogP contribution in [0.2, 0.25) is 0 Å². The Morgan fingerprint density at radius 3 is 2.03 bits per heavy atom. The summed E-state index contributed by atoms with van der Waals surface area (Å²) in [4.78, 5) is 6.19. The van der Waals surface area contributed by atoms with Gasteiger partial charge in [0.25, 0.3) is 0 Å². The molecule has 1 aromatic heterocycles. The average molecular weight is 526 g/mol. The number of anilines is 3. The van der Waals surface area contributed by atoms with Crippen molar-refractivity contribution in [3.63, 3.8) is 0 Å². The number of rotatable bonds is 16. The van der Waals surface area contributed by atoms with Crippen LogP contribution in [0.25, 0.3) is 0 Å². The molecule has 0 saturated heterocycles. The van der Waals surface area contributed by atoms with Gasteiger partial charge in [-0.3, -0.25) is 4.90 Å². The van der Waals surface area contributed by atoms with Crippen LogP contribution in [-0.2, 0) is 9.84 Å². The van der Waals surface area contributed by atoms with E-state index in [-0.39, 0.29) is 69.8 Å². The highest BCUT2D eigenvalue weighted by Crippen LogP contribution is 2.36. The summed E-state index contributed by atoms with van der Waals surface area (Å²) in [6, 6.07) is 5.94. The van der Waals surface area contributed by atoms with Gasteiger partial charge in [-0.25, -0.2) is 13.4 Å². The number of aliphatic hydroxyl groups is 4. The number of pyridine rings is 1. The molecular formula is C22H35N7O6S. The van der Waals surface area contributed by atoms with Crippen molar-refractivity contribution in [3.8, 4) is 0 Å². The fourth-order valence-corrected chi connectivity index (χ4v) is 4.53. The fourth-order valence-electron chi connectivity index (χ4n) is 3.25. The second-order valence-electron chi connectivity index (χ2n) is 7.80. The highest BCUT2D eigenvalue weighted by molar-refractivity contribution is 7.91. The van der Waals surface area contributed by atoms with Gasteiger partial charge in [0, 0.05) is 38.3 Å². The first-order valence-corrected chi connectivity index (χ1v) is 13.1. The van der Waals surface area contributed by atoms with Crippen molar-refractivity contribution >= 4 is 38.5 Å². The summed E-state index contributed by atoms with van der Waals surface area (Å²) >= 11 is 0. The highest BCUT2D eigenvalue weighted by atomic mass is 32.2. The zero-order valence-electron chi connectivity index (χ0n) is 20.3. The summed E-state index contributed by atoms with van der Waals surface area (Å²) in [5, 5.41) is 50.8. The third-order valence-electron chi connectivity index (χ3n) is 5.24. The molecule has 13 nitrogen and oxygen atoms in total. The predicted octanol–water partition coefficient (Wildman–Crippen LogP) is 0.256. The van der Waals surface area contributed by atoms with Gasteiger partial charge in [-0.1, -0.05) is 0 Å². The third kappa shape index (κ3) is 8.36. The largest absolute Gasteiger partial charge is 0.395 e. The van der Waals surface area contributed by atoms with E-state index in [1.165, 1.54) is 24.3 Å². The van der Waals surface area contributed by atoms with Gasteiger partial charge in [-0.15, -0.1) is 5.11 Å². The minimum absolute atomic E-state index is 0.101. The van der Waals surface area contributed by atoms with Gasteiger partial charge in [0.15, 0.2) is 21.5 Å². The molecule has 0 radical (unpaired) electrons. The Hall–Kier alpha value is -2.88. The summed E-state index contributed by atoms with van der Waals surface area (Å²) in [6.45, 7) is 2.48. The van der Waals surface area contributed by atoms with Gasteiger partial charge in [0.05, 0.1) is 48.5 Å².